The standard InChI is InChI=1S/C18H18N2O2/c1-12-5-4-6-14(9-12)20-17(18(21)22)10-13-11-19-16-8-3-2-7-15(13)16/h2-9,11,17,19-20H,10H2,1H3,(H,21,22)/t17-/m0/s1. The average molecular weight is 294 g/mol. The summed E-state index contributed by atoms with van der Waals surface area (Å²) in [7, 11) is 0. The van der Waals surface area contributed by atoms with Crippen molar-refractivity contribution in [2.24, 2.45) is 0 Å². The first kappa shape index (κ1) is 14.2. The average Bonchev–Trinajstić information content (AvgIpc) is 2.90. The maximum Gasteiger partial charge on any atom is 0.326 e. The molecule has 4 heteroatoms. The maximum absolute atomic E-state index is 11.6. The third-order valence-corrected chi connectivity index (χ3v) is 3.76. The molecule has 1 aromatic heterocycles. The van der Waals surface area contributed by atoms with Crippen molar-refractivity contribution in [2.75, 3.05) is 5.32 Å². The van der Waals surface area contributed by atoms with Crippen molar-refractivity contribution < 1.29 is 9.90 Å². The molecule has 0 amide bonds. The molecule has 0 aliphatic rings. The van der Waals surface area contributed by atoms with E-state index in [4.69, 9.17) is 0 Å². The Labute approximate surface area is 128 Å². The van der Waals surface area contributed by atoms with Gasteiger partial charge in [0.2, 0.25) is 0 Å². The molecule has 3 N–H and O–H groups in total. The number of fused-ring (bicyclic) bond motifs is 1. The fourth-order valence-corrected chi connectivity index (χ4v) is 2.66. The second-order valence-electron chi connectivity index (χ2n) is 5.47. The summed E-state index contributed by atoms with van der Waals surface area (Å²) >= 11 is 0. The Morgan fingerprint density at radius 1 is 1.23 bits per heavy atom. The van der Waals surface area contributed by atoms with Gasteiger partial charge in [-0.05, 0) is 36.2 Å². The molecule has 0 aliphatic carbocycles. The topological polar surface area (TPSA) is 65.1 Å². The number of hydrogen-bond acceptors (Lipinski definition) is 2. The smallest absolute Gasteiger partial charge is 0.326 e. The Morgan fingerprint density at radius 2 is 2.05 bits per heavy atom. The summed E-state index contributed by atoms with van der Waals surface area (Å²) in [6.07, 6.45) is 2.31. The van der Waals surface area contributed by atoms with Crippen LogP contribution in [0.25, 0.3) is 10.9 Å². The van der Waals surface area contributed by atoms with Gasteiger partial charge in [-0.2, -0.15) is 0 Å². The molecule has 3 rings (SSSR count). The van der Waals surface area contributed by atoms with Crippen LogP contribution in [0.2, 0.25) is 0 Å². The molecule has 1 heterocycles. The summed E-state index contributed by atoms with van der Waals surface area (Å²) in [5.41, 5.74) is 3.95. The number of carboxylic acid groups (broad SMARTS) is 1. The molecule has 3 aromatic rings. The minimum Gasteiger partial charge on any atom is -0.480 e. The number of rotatable bonds is 5. The number of carbonyl (C=O) groups is 1. The number of para-hydroxylation sites is 1. The van der Waals surface area contributed by atoms with E-state index in [1.54, 1.807) is 0 Å². The van der Waals surface area contributed by atoms with Gasteiger partial charge in [-0.1, -0.05) is 30.3 Å². The van der Waals surface area contributed by atoms with Crippen LogP contribution in [0.15, 0.2) is 54.7 Å². The van der Waals surface area contributed by atoms with Crippen molar-refractivity contribution in [3.8, 4) is 0 Å². The molecule has 0 fully saturated rings. The van der Waals surface area contributed by atoms with Crippen molar-refractivity contribution in [1.82, 2.24) is 4.98 Å². The number of aromatic nitrogens is 1. The predicted molar refractivity (Wildman–Crippen MR) is 88.2 cm³/mol. The first-order valence-electron chi connectivity index (χ1n) is 7.24. The zero-order valence-corrected chi connectivity index (χ0v) is 12.3. The van der Waals surface area contributed by atoms with Gasteiger partial charge in [0.25, 0.3) is 0 Å². The SMILES string of the molecule is Cc1cccc(N[C@@H](Cc2c[nH]c3ccccc23)C(=O)O)c1. The highest BCUT2D eigenvalue weighted by Crippen LogP contribution is 2.20. The number of anilines is 1. The van der Waals surface area contributed by atoms with Crippen molar-refractivity contribution in [3.05, 3.63) is 65.9 Å². The minimum atomic E-state index is -0.855. The Balaban J connectivity index is 1.84. The van der Waals surface area contributed by atoms with Gasteiger partial charge >= 0.3 is 5.97 Å². The summed E-state index contributed by atoms with van der Waals surface area (Å²) in [4.78, 5) is 14.8. The third-order valence-electron chi connectivity index (χ3n) is 3.76. The summed E-state index contributed by atoms with van der Waals surface area (Å²) in [6, 6.07) is 15.0. The zero-order chi connectivity index (χ0) is 15.5. The molecule has 0 saturated carbocycles. The van der Waals surface area contributed by atoms with Gasteiger partial charge in [0.1, 0.15) is 6.04 Å². The Kier molecular flexibility index (Phi) is 3.83. The molecule has 112 valence electrons. The van der Waals surface area contributed by atoms with Gasteiger partial charge in [0, 0.05) is 29.2 Å². The Hall–Kier alpha value is -2.75. The van der Waals surface area contributed by atoms with Gasteiger partial charge in [-0.3, -0.25) is 0 Å². The molecule has 2 aromatic carbocycles. The number of aryl methyl sites for hydroxylation is 1. The minimum absolute atomic E-state index is 0.424. The predicted octanol–water partition coefficient (Wildman–Crippen LogP) is 3.58. The summed E-state index contributed by atoms with van der Waals surface area (Å²) in [6.45, 7) is 1.99. The van der Waals surface area contributed by atoms with Crippen molar-refractivity contribution in [3.63, 3.8) is 0 Å². The first-order valence-corrected chi connectivity index (χ1v) is 7.24. The van der Waals surface area contributed by atoms with Crippen LogP contribution in [0.1, 0.15) is 11.1 Å². The van der Waals surface area contributed by atoms with Crippen LogP contribution < -0.4 is 5.32 Å². The highest BCUT2D eigenvalue weighted by molar-refractivity contribution is 5.85. The Bertz CT molecular complexity index is 807. The van der Waals surface area contributed by atoms with E-state index in [0.29, 0.717) is 6.42 Å². The summed E-state index contributed by atoms with van der Waals surface area (Å²) in [5.74, 6) is -0.855. The molecule has 0 radical (unpaired) electrons. The van der Waals surface area contributed by atoms with E-state index in [9.17, 15) is 9.90 Å². The van der Waals surface area contributed by atoms with E-state index in [1.165, 1.54) is 0 Å². The summed E-state index contributed by atoms with van der Waals surface area (Å²) in [5, 5.41) is 13.7. The van der Waals surface area contributed by atoms with Crippen LogP contribution in [0, 0.1) is 6.92 Å². The van der Waals surface area contributed by atoms with Crippen LogP contribution in [-0.4, -0.2) is 22.1 Å². The largest absolute Gasteiger partial charge is 0.480 e. The maximum atomic E-state index is 11.6. The molecule has 0 bridgehead atoms. The van der Waals surface area contributed by atoms with Crippen LogP contribution >= 0.6 is 0 Å². The van der Waals surface area contributed by atoms with Gasteiger partial charge in [0.05, 0.1) is 0 Å². The number of H-pyrrole nitrogens is 1. The molecule has 0 saturated heterocycles. The number of aliphatic carboxylic acids is 1. The van der Waals surface area contributed by atoms with Crippen LogP contribution in [0.3, 0.4) is 0 Å². The van der Waals surface area contributed by atoms with Gasteiger partial charge in [-0.15, -0.1) is 0 Å². The summed E-state index contributed by atoms with van der Waals surface area (Å²) < 4.78 is 0. The van der Waals surface area contributed by atoms with Gasteiger partial charge in [0.15, 0.2) is 0 Å². The number of aromatic amines is 1. The van der Waals surface area contributed by atoms with Crippen LogP contribution in [0.5, 0.6) is 0 Å². The number of nitrogens with one attached hydrogen (secondary N) is 2. The lowest BCUT2D eigenvalue weighted by Gasteiger charge is -2.16. The van der Waals surface area contributed by atoms with E-state index in [1.807, 2.05) is 61.7 Å². The van der Waals surface area contributed by atoms with Crippen LogP contribution in [0.4, 0.5) is 5.69 Å². The third kappa shape index (κ3) is 2.96. The van der Waals surface area contributed by atoms with Crippen molar-refractivity contribution in [1.29, 1.82) is 0 Å². The van der Waals surface area contributed by atoms with Crippen molar-refractivity contribution in [2.45, 2.75) is 19.4 Å². The molecule has 22 heavy (non-hydrogen) atoms. The highest BCUT2D eigenvalue weighted by atomic mass is 16.4. The quantitative estimate of drug-likeness (QED) is 0.674. The lowest BCUT2D eigenvalue weighted by molar-refractivity contribution is -0.137. The number of carboxylic acids is 1. The molecule has 4 nitrogen and oxygen atoms in total. The zero-order valence-electron chi connectivity index (χ0n) is 12.3. The lowest BCUT2D eigenvalue weighted by Crippen LogP contribution is -2.31. The molecular weight excluding hydrogens is 276 g/mol. The van der Waals surface area contributed by atoms with E-state index >= 15 is 0 Å². The second kappa shape index (κ2) is 5.93. The van der Waals surface area contributed by atoms with Crippen molar-refractivity contribution >= 4 is 22.6 Å². The van der Waals surface area contributed by atoms with Crippen LogP contribution in [-0.2, 0) is 11.2 Å². The van der Waals surface area contributed by atoms with E-state index in [2.05, 4.69) is 10.3 Å². The Morgan fingerprint density at radius 3 is 2.82 bits per heavy atom. The number of hydrogen-bond donors (Lipinski definition) is 3. The highest BCUT2D eigenvalue weighted by Gasteiger charge is 2.19. The molecule has 1 atom stereocenters. The molecular formula is C18H18N2O2. The monoisotopic (exact) mass is 294 g/mol. The second-order valence-corrected chi connectivity index (χ2v) is 5.47. The molecule has 0 aliphatic heterocycles. The fraction of sp³-hybridized carbons (Fsp3) is 0.167. The van der Waals surface area contributed by atoms with Gasteiger partial charge in [-0.25, -0.2) is 4.79 Å². The molecule has 0 spiro atoms. The fourth-order valence-electron chi connectivity index (χ4n) is 2.66. The van der Waals surface area contributed by atoms with Gasteiger partial charge < -0.3 is 15.4 Å². The van der Waals surface area contributed by atoms with E-state index in [-0.39, 0.29) is 0 Å². The first-order chi connectivity index (χ1) is 10.6. The van der Waals surface area contributed by atoms with E-state index < -0.39 is 12.0 Å². The normalized spacial score (nSPS) is 12.2. The number of benzene rings is 2. The van der Waals surface area contributed by atoms with E-state index in [0.717, 1.165) is 27.7 Å². The lowest BCUT2D eigenvalue weighted by atomic mass is 10.0. The molecule has 0 unspecified atom stereocenters.